The van der Waals surface area contributed by atoms with E-state index >= 15 is 0 Å². The van der Waals surface area contributed by atoms with E-state index in [4.69, 9.17) is 22.1 Å². The largest absolute Gasteiger partial charge is 0.497 e. The van der Waals surface area contributed by atoms with Crippen molar-refractivity contribution in [3.63, 3.8) is 0 Å². The number of hydrogen-bond acceptors (Lipinski definition) is 3. The van der Waals surface area contributed by atoms with Gasteiger partial charge >= 0.3 is 0 Å². The Kier molecular flexibility index (Phi) is 3.92. The van der Waals surface area contributed by atoms with Crippen LogP contribution in [0.1, 0.15) is 10.4 Å². The van der Waals surface area contributed by atoms with Crippen LogP contribution >= 0.6 is 11.6 Å². The zero-order valence-corrected chi connectivity index (χ0v) is 11.1. The Morgan fingerprint density at radius 2 is 1.89 bits per heavy atom. The number of anilines is 2. The first kappa shape index (κ1) is 13.2. The number of halogens is 1. The number of methoxy groups -OCH3 is 1. The van der Waals surface area contributed by atoms with E-state index in [0.717, 1.165) is 5.75 Å². The summed E-state index contributed by atoms with van der Waals surface area (Å²) in [7, 11) is 1.59. The zero-order chi connectivity index (χ0) is 13.8. The molecule has 1 amide bonds. The van der Waals surface area contributed by atoms with Crippen LogP contribution in [0, 0.1) is 0 Å². The monoisotopic (exact) mass is 276 g/mol. The summed E-state index contributed by atoms with van der Waals surface area (Å²) in [5, 5.41) is 3.19. The van der Waals surface area contributed by atoms with Crippen LogP contribution in [-0.4, -0.2) is 13.0 Å². The number of rotatable bonds is 3. The average Bonchev–Trinajstić information content (AvgIpc) is 2.42. The van der Waals surface area contributed by atoms with Crippen LogP contribution in [0.25, 0.3) is 0 Å². The van der Waals surface area contributed by atoms with Gasteiger partial charge in [0.05, 0.1) is 17.8 Å². The molecule has 0 aliphatic carbocycles. The van der Waals surface area contributed by atoms with E-state index < -0.39 is 0 Å². The first-order valence-electron chi connectivity index (χ1n) is 5.60. The lowest BCUT2D eigenvalue weighted by Gasteiger charge is -2.07. The normalized spacial score (nSPS) is 10.0. The lowest BCUT2D eigenvalue weighted by molar-refractivity contribution is 0.102. The minimum absolute atomic E-state index is 0.242. The molecule has 0 atom stereocenters. The molecule has 5 heteroatoms. The Hall–Kier alpha value is -2.20. The molecule has 0 heterocycles. The second kappa shape index (κ2) is 5.63. The van der Waals surface area contributed by atoms with Crippen molar-refractivity contribution >= 4 is 28.9 Å². The molecular formula is C14H13ClN2O2. The van der Waals surface area contributed by atoms with Gasteiger partial charge in [0.1, 0.15) is 5.75 Å². The summed E-state index contributed by atoms with van der Waals surface area (Å²) in [5.41, 5.74) is 7.18. The first-order valence-corrected chi connectivity index (χ1v) is 5.98. The summed E-state index contributed by atoms with van der Waals surface area (Å²) in [6.07, 6.45) is 0. The van der Waals surface area contributed by atoms with Crippen molar-refractivity contribution in [3.05, 3.63) is 53.1 Å². The highest BCUT2D eigenvalue weighted by molar-refractivity contribution is 6.33. The van der Waals surface area contributed by atoms with Crippen molar-refractivity contribution in [3.8, 4) is 5.75 Å². The van der Waals surface area contributed by atoms with Crippen molar-refractivity contribution in [2.75, 3.05) is 18.2 Å². The van der Waals surface area contributed by atoms with Gasteiger partial charge in [0, 0.05) is 11.3 Å². The van der Waals surface area contributed by atoms with Crippen molar-refractivity contribution in [2.45, 2.75) is 0 Å². The third-order valence-electron chi connectivity index (χ3n) is 2.61. The van der Waals surface area contributed by atoms with E-state index in [1.165, 1.54) is 0 Å². The summed E-state index contributed by atoms with van der Waals surface area (Å²) in [4.78, 5) is 12.0. The van der Waals surface area contributed by atoms with Crippen molar-refractivity contribution in [1.82, 2.24) is 0 Å². The van der Waals surface area contributed by atoms with Crippen molar-refractivity contribution in [2.24, 2.45) is 0 Å². The predicted molar refractivity (Wildman–Crippen MR) is 76.8 cm³/mol. The molecule has 2 rings (SSSR count). The lowest BCUT2D eigenvalue weighted by Crippen LogP contribution is -2.12. The molecule has 0 aliphatic rings. The van der Waals surface area contributed by atoms with Crippen LogP contribution < -0.4 is 15.8 Å². The summed E-state index contributed by atoms with van der Waals surface area (Å²) in [6, 6.07) is 11.8. The summed E-state index contributed by atoms with van der Waals surface area (Å²) >= 11 is 5.81. The molecule has 0 fully saturated rings. The minimum Gasteiger partial charge on any atom is -0.497 e. The van der Waals surface area contributed by atoms with Crippen LogP contribution in [0.3, 0.4) is 0 Å². The Morgan fingerprint density at radius 3 is 2.47 bits per heavy atom. The molecule has 0 radical (unpaired) electrons. The highest BCUT2D eigenvalue weighted by atomic mass is 35.5. The zero-order valence-electron chi connectivity index (χ0n) is 10.3. The Morgan fingerprint density at radius 1 is 1.21 bits per heavy atom. The second-order valence-corrected chi connectivity index (χ2v) is 4.33. The van der Waals surface area contributed by atoms with Gasteiger partial charge in [0.2, 0.25) is 0 Å². The molecule has 0 saturated carbocycles. The van der Waals surface area contributed by atoms with Gasteiger partial charge in [0.15, 0.2) is 0 Å². The second-order valence-electron chi connectivity index (χ2n) is 3.92. The van der Waals surface area contributed by atoms with E-state index in [1.807, 2.05) is 0 Å². The SMILES string of the molecule is COc1ccc(NC(=O)c2ccc(Cl)c(N)c2)cc1. The fourth-order valence-corrected chi connectivity index (χ4v) is 1.68. The summed E-state index contributed by atoms with van der Waals surface area (Å²) in [6.45, 7) is 0. The Balaban J connectivity index is 2.13. The topological polar surface area (TPSA) is 64.3 Å². The molecule has 19 heavy (non-hydrogen) atoms. The van der Waals surface area contributed by atoms with Gasteiger partial charge < -0.3 is 15.8 Å². The van der Waals surface area contributed by atoms with E-state index in [0.29, 0.717) is 22.0 Å². The van der Waals surface area contributed by atoms with Gasteiger partial charge in [-0.3, -0.25) is 4.79 Å². The predicted octanol–water partition coefficient (Wildman–Crippen LogP) is 3.18. The molecule has 0 aliphatic heterocycles. The van der Waals surface area contributed by atoms with E-state index in [9.17, 15) is 4.79 Å². The van der Waals surface area contributed by atoms with Gasteiger partial charge in [0.25, 0.3) is 5.91 Å². The molecule has 98 valence electrons. The van der Waals surface area contributed by atoms with Crippen LogP contribution in [0.15, 0.2) is 42.5 Å². The number of amides is 1. The van der Waals surface area contributed by atoms with E-state index in [1.54, 1.807) is 49.6 Å². The Bertz CT molecular complexity index is 597. The van der Waals surface area contributed by atoms with Gasteiger partial charge in [-0.15, -0.1) is 0 Å². The van der Waals surface area contributed by atoms with Gasteiger partial charge in [-0.25, -0.2) is 0 Å². The van der Waals surface area contributed by atoms with Crippen LogP contribution in [0.4, 0.5) is 11.4 Å². The molecule has 2 aromatic carbocycles. The molecule has 2 aromatic rings. The molecule has 3 N–H and O–H groups in total. The summed E-state index contributed by atoms with van der Waals surface area (Å²) in [5.74, 6) is 0.488. The quantitative estimate of drug-likeness (QED) is 0.846. The maximum absolute atomic E-state index is 12.0. The third kappa shape index (κ3) is 3.17. The van der Waals surface area contributed by atoms with Crippen molar-refractivity contribution < 1.29 is 9.53 Å². The molecular weight excluding hydrogens is 264 g/mol. The van der Waals surface area contributed by atoms with Gasteiger partial charge in [-0.2, -0.15) is 0 Å². The number of carbonyl (C=O) groups is 1. The van der Waals surface area contributed by atoms with Crippen LogP contribution in [0.2, 0.25) is 5.02 Å². The number of benzene rings is 2. The standard InChI is InChI=1S/C14H13ClN2O2/c1-19-11-5-3-10(4-6-11)17-14(18)9-2-7-12(15)13(16)8-9/h2-8H,16H2,1H3,(H,17,18). The molecule has 0 aromatic heterocycles. The van der Waals surface area contributed by atoms with E-state index in [-0.39, 0.29) is 5.91 Å². The third-order valence-corrected chi connectivity index (χ3v) is 2.95. The smallest absolute Gasteiger partial charge is 0.255 e. The first-order chi connectivity index (χ1) is 9.10. The fraction of sp³-hybridized carbons (Fsp3) is 0.0714. The highest BCUT2D eigenvalue weighted by Gasteiger charge is 2.08. The van der Waals surface area contributed by atoms with Crippen LogP contribution in [-0.2, 0) is 0 Å². The molecule has 4 nitrogen and oxygen atoms in total. The number of ether oxygens (including phenoxy) is 1. The number of nitrogen functional groups attached to an aromatic ring is 1. The average molecular weight is 277 g/mol. The molecule has 0 saturated heterocycles. The van der Waals surface area contributed by atoms with Gasteiger partial charge in [-0.05, 0) is 42.5 Å². The molecule has 0 bridgehead atoms. The maximum atomic E-state index is 12.0. The molecule has 0 unspecified atom stereocenters. The summed E-state index contributed by atoms with van der Waals surface area (Å²) < 4.78 is 5.04. The number of nitrogens with two attached hydrogens (primary N) is 1. The minimum atomic E-state index is -0.242. The van der Waals surface area contributed by atoms with Crippen molar-refractivity contribution in [1.29, 1.82) is 0 Å². The van der Waals surface area contributed by atoms with Crippen LogP contribution in [0.5, 0.6) is 5.75 Å². The maximum Gasteiger partial charge on any atom is 0.255 e. The van der Waals surface area contributed by atoms with Gasteiger partial charge in [-0.1, -0.05) is 11.6 Å². The fourth-order valence-electron chi connectivity index (χ4n) is 1.56. The van der Waals surface area contributed by atoms with E-state index in [2.05, 4.69) is 5.32 Å². The number of hydrogen-bond donors (Lipinski definition) is 2. The number of carbonyl (C=O) groups excluding carboxylic acids is 1. The number of nitrogens with one attached hydrogen (secondary N) is 1. The Labute approximate surface area is 116 Å². The molecule has 0 spiro atoms. The lowest BCUT2D eigenvalue weighted by atomic mass is 10.2. The highest BCUT2D eigenvalue weighted by Crippen LogP contribution is 2.21.